The fraction of sp³-hybridized carbons (Fsp3) is 0. The van der Waals surface area contributed by atoms with Crippen molar-refractivity contribution in [2.75, 3.05) is 0 Å². The van der Waals surface area contributed by atoms with E-state index in [1.807, 2.05) is 42.6 Å². The van der Waals surface area contributed by atoms with Crippen LogP contribution in [0.4, 0.5) is 0 Å². The summed E-state index contributed by atoms with van der Waals surface area (Å²) in [5.41, 5.74) is 5.48. The number of H-pyrrole nitrogens is 1. The number of rotatable bonds is 2. The molecule has 128 valence electrons. The molecule has 0 aliphatic carbocycles. The molecule has 0 unspecified atom stereocenters. The average Bonchev–Trinajstić information content (AvgIpc) is 2.74. The Hall–Kier alpha value is -3.86. The first-order valence-electron chi connectivity index (χ1n) is 8.56. The van der Waals surface area contributed by atoms with E-state index >= 15 is 0 Å². The maximum atomic E-state index is 12.2. The third-order valence-corrected chi connectivity index (χ3v) is 4.67. The molecule has 0 spiro atoms. The molecule has 0 bridgehead atoms. The van der Waals surface area contributed by atoms with Crippen LogP contribution >= 0.6 is 0 Å². The van der Waals surface area contributed by atoms with Crippen molar-refractivity contribution in [1.29, 1.82) is 0 Å². The molecule has 5 rings (SSSR count). The highest BCUT2D eigenvalue weighted by molar-refractivity contribution is 5.97. The predicted molar refractivity (Wildman–Crippen MR) is 106 cm³/mol. The summed E-state index contributed by atoms with van der Waals surface area (Å²) < 4.78 is 0. The molecule has 4 heterocycles. The second-order valence-electron chi connectivity index (χ2n) is 6.28. The molecule has 5 nitrogen and oxygen atoms in total. The highest BCUT2D eigenvalue weighted by atomic mass is 16.1. The highest BCUT2D eigenvalue weighted by Gasteiger charge is 2.09. The zero-order chi connectivity index (χ0) is 18.2. The first kappa shape index (κ1) is 15.4. The van der Waals surface area contributed by atoms with Crippen LogP contribution in [0, 0.1) is 0 Å². The van der Waals surface area contributed by atoms with Gasteiger partial charge in [0, 0.05) is 47.2 Å². The quantitative estimate of drug-likeness (QED) is 0.518. The molecule has 0 saturated carbocycles. The van der Waals surface area contributed by atoms with Gasteiger partial charge in [0.15, 0.2) is 5.43 Å². The molecule has 1 aromatic carbocycles. The number of aromatic amines is 1. The SMILES string of the molecule is O=c1cc[nH]c2cnc(-c3ccc4nccc(-c5ccncc5)c4c3)cc12. The van der Waals surface area contributed by atoms with Crippen LogP contribution in [0.2, 0.25) is 0 Å². The van der Waals surface area contributed by atoms with Gasteiger partial charge in [-0.25, -0.2) is 0 Å². The smallest absolute Gasteiger partial charge is 0.189 e. The molecule has 5 aromatic rings. The molecule has 1 N–H and O–H groups in total. The second kappa shape index (κ2) is 6.14. The van der Waals surface area contributed by atoms with E-state index in [9.17, 15) is 4.79 Å². The van der Waals surface area contributed by atoms with Crippen molar-refractivity contribution in [2.24, 2.45) is 0 Å². The summed E-state index contributed by atoms with van der Waals surface area (Å²) in [6.07, 6.45) is 8.70. The minimum Gasteiger partial charge on any atom is -0.360 e. The highest BCUT2D eigenvalue weighted by Crippen LogP contribution is 2.30. The molecule has 0 radical (unpaired) electrons. The fourth-order valence-corrected chi connectivity index (χ4v) is 3.32. The third kappa shape index (κ3) is 2.66. The number of nitrogens with zero attached hydrogens (tertiary/aromatic N) is 3. The number of pyridine rings is 4. The van der Waals surface area contributed by atoms with Crippen molar-refractivity contribution in [2.45, 2.75) is 0 Å². The van der Waals surface area contributed by atoms with Crippen molar-refractivity contribution in [3.63, 3.8) is 0 Å². The van der Waals surface area contributed by atoms with E-state index in [1.54, 1.807) is 24.8 Å². The average molecular weight is 350 g/mol. The van der Waals surface area contributed by atoms with Gasteiger partial charge in [-0.3, -0.25) is 19.7 Å². The van der Waals surface area contributed by atoms with Crippen LogP contribution in [0.25, 0.3) is 44.2 Å². The zero-order valence-electron chi connectivity index (χ0n) is 14.3. The van der Waals surface area contributed by atoms with Gasteiger partial charge >= 0.3 is 0 Å². The Balaban J connectivity index is 1.73. The third-order valence-electron chi connectivity index (χ3n) is 4.67. The molecule has 0 fully saturated rings. The van der Waals surface area contributed by atoms with Gasteiger partial charge in [-0.05, 0) is 47.5 Å². The lowest BCUT2D eigenvalue weighted by Crippen LogP contribution is -2.01. The van der Waals surface area contributed by atoms with E-state index < -0.39 is 0 Å². The Bertz CT molecular complexity index is 1340. The molecule has 0 atom stereocenters. The molecule has 0 aliphatic heterocycles. The summed E-state index contributed by atoms with van der Waals surface area (Å²) in [5, 5.41) is 1.66. The van der Waals surface area contributed by atoms with Crippen molar-refractivity contribution in [1.82, 2.24) is 19.9 Å². The van der Waals surface area contributed by atoms with Gasteiger partial charge in [0.2, 0.25) is 0 Å². The van der Waals surface area contributed by atoms with Crippen LogP contribution in [0.3, 0.4) is 0 Å². The number of aromatic nitrogens is 4. The molecule has 4 aromatic heterocycles. The van der Waals surface area contributed by atoms with Crippen molar-refractivity contribution >= 4 is 21.8 Å². The van der Waals surface area contributed by atoms with E-state index in [4.69, 9.17) is 0 Å². The second-order valence-corrected chi connectivity index (χ2v) is 6.28. The van der Waals surface area contributed by atoms with E-state index in [1.165, 1.54) is 6.07 Å². The summed E-state index contributed by atoms with van der Waals surface area (Å²) in [7, 11) is 0. The normalized spacial score (nSPS) is 11.1. The summed E-state index contributed by atoms with van der Waals surface area (Å²) >= 11 is 0. The lowest BCUT2D eigenvalue weighted by molar-refractivity contribution is 1.30. The first-order chi connectivity index (χ1) is 13.3. The fourth-order valence-electron chi connectivity index (χ4n) is 3.32. The van der Waals surface area contributed by atoms with Gasteiger partial charge in [-0.15, -0.1) is 0 Å². The van der Waals surface area contributed by atoms with Crippen LogP contribution in [0.5, 0.6) is 0 Å². The van der Waals surface area contributed by atoms with Gasteiger partial charge in [-0.1, -0.05) is 6.07 Å². The van der Waals surface area contributed by atoms with E-state index in [0.717, 1.165) is 38.8 Å². The molecule has 0 saturated heterocycles. The number of fused-ring (bicyclic) bond motifs is 2. The van der Waals surface area contributed by atoms with Gasteiger partial charge in [-0.2, -0.15) is 0 Å². The van der Waals surface area contributed by atoms with Crippen molar-refractivity contribution in [3.8, 4) is 22.4 Å². The van der Waals surface area contributed by atoms with Crippen molar-refractivity contribution in [3.05, 3.63) is 89.7 Å². The summed E-state index contributed by atoms with van der Waals surface area (Å²) in [6, 6.07) is 15.4. The van der Waals surface area contributed by atoms with E-state index in [0.29, 0.717) is 5.39 Å². The van der Waals surface area contributed by atoms with Crippen LogP contribution in [0.1, 0.15) is 0 Å². The number of hydrogen-bond acceptors (Lipinski definition) is 4. The Morgan fingerprint density at radius 3 is 2.56 bits per heavy atom. The maximum Gasteiger partial charge on any atom is 0.189 e. The monoisotopic (exact) mass is 350 g/mol. The van der Waals surface area contributed by atoms with Crippen molar-refractivity contribution < 1.29 is 0 Å². The minimum atomic E-state index is -0.0210. The van der Waals surface area contributed by atoms with E-state index in [-0.39, 0.29) is 5.43 Å². The van der Waals surface area contributed by atoms with Crippen LogP contribution in [-0.2, 0) is 0 Å². The summed E-state index contributed by atoms with van der Waals surface area (Å²) in [5.74, 6) is 0. The van der Waals surface area contributed by atoms with Gasteiger partial charge in [0.1, 0.15) is 0 Å². The summed E-state index contributed by atoms with van der Waals surface area (Å²) in [4.78, 5) is 28.3. The van der Waals surface area contributed by atoms with Gasteiger partial charge < -0.3 is 4.98 Å². The Morgan fingerprint density at radius 1 is 0.778 bits per heavy atom. The Labute approximate surface area is 154 Å². The van der Waals surface area contributed by atoms with Gasteiger partial charge in [0.05, 0.1) is 22.9 Å². The maximum absolute atomic E-state index is 12.2. The van der Waals surface area contributed by atoms with Gasteiger partial charge in [0.25, 0.3) is 0 Å². The lowest BCUT2D eigenvalue weighted by atomic mass is 9.99. The minimum absolute atomic E-state index is 0.0210. The molecule has 27 heavy (non-hydrogen) atoms. The standard InChI is InChI=1S/C22H14N4O/c27-22-6-10-25-21-13-26-20(12-18(21)22)15-1-2-19-17(11-15)16(5-9-24-19)14-3-7-23-8-4-14/h1-13H,(H,25,27). The Kier molecular flexibility index (Phi) is 3.50. The topological polar surface area (TPSA) is 71.5 Å². The number of benzene rings is 1. The Morgan fingerprint density at radius 2 is 1.67 bits per heavy atom. The molecular formula is C22H14N4O. The molecule has 0 amide bonds. The molecule has 5 heteroatoms. The largest absolute Gasteiger partial charge is 0.360 e. The lowest BCUT2D eigenvalue weighted by Gasteiger charge is -2.09. The molecule has 0 aliphatic rings. The first-order valence-corrected chi connectivity index (χ1v) is 8.56. The number of hydrogen-bond donors (Lipinski definition) is 1. The van der Waals surface area contributed by atoms with Crippen LogP contribution in [-0.4, -0.2) is 19.9 Å². The van der Waals surface area contributed by atoms with Crippen LogP contribution < -0.4 is 5.43 Å². The zero-order valence-corrected chi connectivity index (χ0v) is 14.3. The summed E-state index contributed by atoms with van der Waals surface area (Å²) in [6.45, 7) is 0. The van der Waals surface area contributed by atoms with Crippen LogP contribution in [0.15, 0.2) is 84.3 Å². The molecular weight excluding hydrogens is 336 g/mol. The number of nitrogens with one attached hydrogen (secondary N) is 1. The van der Waals surface area contributed by atoms with E-state index in [2.05, 4.69) is 26.0 Å². The predicted octanol–water partition coefficient (Wildman–Crippen LogP) is 4.20.